The van der Waals surface area contributed by atoms with Gasteiger partial charge in [0.15, 0.2) is 0 Å². The van der Waals surface area contributed by atoms with E-state index in [0.717, 1.165) is 21.9 Å². The van der Waals surface area contributed by atoms with Crippen LogP contribution in [-0.2, 0) is 0 Å². The molecule has 9 aromatic rings. The Labute approximate surface area is 282 Å². The lowest BCUT2D eigenvalue weighted by atomic mass is 9.85. The summed E-state index contributed by atoms with van der Waals surface area (Å²) >= 11 is 0. The summed E-state index contributed by atoms with van der Waals surface area (Å²) in [6.07, 6.45) is 0. The van der Waals surface area contributed by atoms with E-state index in [2.05, 4.69) is 0 Å². The van der Waals surface area contributed by atoms with E-state index in [1.54, 1.807) is 0 Å². The Hall–Kier alpha value is -5.92. The van der Waals surface area contributed by atoms with Gasteiger partial charge in [0.25, 0.3) is 0 Å². The summed E-state index contributed by atoms with van der Waals surface area (Å²) in [5.41, 5.74) is -0.440. The van der Waals surface area contributed by atoms with Gasteiger partial charge in [-0.25, -0.2) is 0 Å². The summed E-state index contributed by atoms with van der Waals surface area (Å²) in [6.45, 7) is 0. The number of benzene rings is 8. The van der Waals surface area contributed by atoms with Crippen LogP contribution in [0.5, 0.6) is 0 Å². The van der Waals surface area contributed by atoms with Crippen LogP contribution in [0.25, 0.3) is 88.0 Å². The molecule has 0 N–H and O–H groups in total. The largest absolute Gasteiger partial charge is 0.455 e. The topological polar surface area (TPSA) is 13.1 Å². The Morgan fingerprint density at radius 1 is 0.378 bits per heavy atom. The van der Waals surface area contributed by atoms with E-state index in [9.17, 15) is 5.48 Å². The van der Waals surface area contributed by atoms with Crippen molar-refractivity contribution in [3.8, 4) is 44.5 Å². The predicted molar refractivity (Wildman–Crippen MR) is 190 cm³/mol. The van der Waals surface area contributed by atoms with Crippen LogP contribution in [-0.4, -0.2) is 0 Å². The smallest absolute Gasteiger partial charge is 0.143 e. The summed E-state index contributed by atoms with van der Waals surface area (Å²) in [5, 5.41) is 2.24. The van der Waals surface area contributed by atoms with Crippen molar-refractivity contribution in [3.63, 3.8) is 0 Å². The highest BCUT2D eigenvalue weighted by Gasteiger charge is 2.17. The molecule has 0 aliphatic carbocycles. The first-order valence-electron chi connectivity index (χ1n) is 21.7. The zero-order valence-electron chi connectivity index (χ0n) is 38.4. The molecule has 0 unspecified atom stereocenters. The van der Waals surface area contributed by atoms with Gasteiger partial charge in [-0.3, -0.25) is 0 Å². The molecule has 8 aromatic carbocycles. The molecule has 0 saturated heterocycles. The van der Waals surface area contributed by atoms with Crippen LogP contribution in [0.3, 0.4) is 0 Å². The molecule has 0 saturated carbocycles. The molecule has 0 atom stereocenters. The van der Waals surface area contributed by atoms with Crippen molar-refractivity contribution in [1.82, 2.24) is 0 Å². The second kappa shape index (κ2) is 10.4. The fourth-order valence-electron chi connectivity index (χ4n) is 6.01. The Morgan fingerprint density at radius 3 is 1.67 bits per heavy atom. The lowest BCUT2D eigenvalue weighted by Gasteiger charge is -2.18. The molecule has 0 spiro atoms. The number of rotatable bonds is 4. The monoisotopic (exact) mass is 587 g/mol. The van der Waals surface area contributed by atoms with Crippen molar-refractivity contribution in [2.75, 3.05) is 0 Å². The van der Waals surface area contributed by atoms with Crippen molar-refractivity contribution in [2.24, 2.45) is 0 Å². The van der Waals surface area contributed by atoms with Crippen molar-refractivity contribution >= 4 is 43.5 Å². The highest BCUT2D eigenvalue weighted by atomic mass is 16.3. The van der Waals surface area contributed by atoms with Gasteiger partial charge in [-0.1, -0.05) is 151 Å². The van der Waals surface area contributed by atoms with Gasteiger partial charge in [-0.15, -0.1) is 0 Å². The third kappa shape index (κ3) is 4.17. The minimum absolute atomic E-state index is 0.0440. The van der Waals surface area contributed by atoms with E-state index >= 15 is 0 Å². The molecule has 0 aliphatic rings. The molecule has 0 amide bonds. The van der Waals surface area contributed by atoms with Crippen LogP contribution in [0.4, 0.5) is 0 Å². The minimum Gasteiger partial charge on any atom is -0.455 e. The van der Waals surface area contributed by atoms with E-state index in [1.807, 2.05) is 78.9 Å². The zero-order valence-corrected chi connectivity index (χ0v) is 23.4. The van der Waals surface area contributed by atoms with Crippen LogP contribution >= 0.6 is 0 Å². The maximum Gasteiger partial charge on any atom is 0.143 e. The summed E-state index contributed by atoms with van der Waals surface area (Å²) in [7, 11) is 0. The molecule has 45 heavy (non-hydrogen) atoms. The van der Waals surface area contributed by atoms with Gasteiger partial charge in [0.2, 0.25) is 0 Å². The van der Waals surface area contributed by atoms with Crippen LogP contribution in [0.2, 0.25) is 0 Å². The van der Waals surface area contributed by atoms with Crippen molar-refractivity contribution in [3.05, 3.63) is 169 Å². The Morgan fingerprint density at radius 2 is 0.956 bits per heavy atom. The normalized spacial score (nSPS) is 16.2. The summed E-state index contributed by atoms with van der Waals surface area (Å²) < 4.78 is 139. The van der Waals surface area contributed by atoms with E-state index in [-0.39, 0.29) is 16.3 Å². The van der Waals surface area contributed by atoms with Crippen LogP contribution in [0.1, 0.15) is 20.6 Å². The molecule has 0 bridgehead atoms. The van der Waals surface area contributed by atoms with E-state index < -0.39 is 124 Å². The third-order valence-corrected chi connectivity index (χ3v) is 7.93. The summed E-state index contributed by atoms with van der Waals surface area (Å²) in [5.74, 6) is 0. The molecule has 1 heteroatoms. The van der Waals surface area contributed by atoms with Crippen LogP contribution in [0, 0.1) is 0 Å². The van der Waals surface area contributed by atoms with E-state index in [1.165, 1.54) is 0 Å². The summed E-state index contributed by atoms with van der Waals surface area (Å²) in [6, 6.07) is 14.9. The Balaban J connectivity index is 1.42. The van der Waals surface area contributed by atoms with Crippen LogP contribution < -0.4 is 0 Å². The second-order valence-electron chi connectivity index (χ2n) is 10.5. The first kappa shape index (κ1) is 14.7. The fraction of sp³-hybridized carbons (Fsp3) is 0. The maximum atomic E-state index is 9.76. The number of hydrogen-bond acceptors (Lipinski definition) is 1. The van der Waals surface area contributed by atoms with Gasteiger partial charge in [0.1, 0.15) is 11.2 Å². The maximum absolute atomic E-state index is 9.76. The number of furan rings is 1. The second-order valence-corrected chi connectivity index (χ2v) is 10.5. The number of para-hydroxylation sites is 1. The molecule has 210 valence electrons. The lowest BCUT2D eigenvalue weighted by molar-refractivity contribution is 0.670. The molecule has 0 aliphatic heterocycles. The zero-order chi connectivity index (χ0) is 42.8. The number of hydrogen-bond donors (Lipinski definition) is 0. The van der Waals surface area contributed by atoms with Gasteiger partial charge in [0.05, 0.1) is 20.6 Å². The molecule has 9 rings (SSSR count). The lowest BCUT2D eigenvalue weighted by Crippen LogP contribution is -1.91. The van der Waals surface area contributed by atoms with Gasteiger partial charge in [-0.2, -0.15) is 0 Å². The Bertz CT molecular complexity index is 3290. The average Bonchev–Trinajstić information content (AvgIpc) is 3.66. The van der Waals surface area contributed by atoms with Crippen molar-refractivity contribution in [1.29, 1.82) is 0 Å². The molecular weight excluding hydrogens is 544 g/mol. The molecule has 1 aromatic heterocycles. The third-order valence-electron chi connectivity index (χ3n) is 7.93. The first-order chi connectivity index (χ1) is 28.6. The predicted octanol–water partition coefficient (Wildman–Crippen LogP) is 12.6. The molecule has 0 fully saturated rings. The van der Waals surface area contributed by atoms with Crippen molar-refractivity contribution in [2.45, 2.75) is 0 Å². The van der Waals surface area contributed by atoms with Gasteiger partial charge < -0.3 is 4.42 Å². The minimum atomic E-state index is -0.733. The number of fused-ring (bicyclic) bond motifs is 5. The first-order valence-corrected chi connectivity index (χ1v) is 14.2. The van der Waals surface area contributed by atoms with Gasteiger partial charge in [-0.05, 0) is 78.6 Å². The molecule has 1 heterocycles. The van der Waals surface area contributed by atoms with Crippen molar-refractivity contribution < 1.29 is 25.0 Å². The standard InChI is InChI=1S/C44H28O/c1-3-13-29(14-4-1)34-23-12-24-39-40-28-32(25-26-41(40)45-44(34)39)31-17-11-18-33(27-31)43-37-21-9-7-19-35(37)42(30-15-5-2-6-16-30)36-20-8-10-22-38(36)43/h1-28H/i1D,3D,4D,11D,12D,13D,14D,17D,18D,23D,24D,25D,26D,27D,28D. The van der Waals surface area contributed by atoms with Gasteiger partial charge >= 0.3 is 0 Å². The molecule has 1 nitrogen and oxygen atoms in total. The molecular formula is C44H28O. The average molecular weight is 588 g/mol. The highest BCUT2D eigenvalue weighted by molar-refractivity contribution is 6.21. The van der Waals surface area contributed by atoms with E-state index in [4.69, 9.17) is 19.5 Å². The SMILES string of the molecule is [2H]c1c([2H])c([2H])c(-c2c([2H])c([2H])c([2H])c3c2oc2c([2H])c([2H])c(-c4c([2H])c([2H])c([2H])c(-c5c6ccccc6c(-c6ccccc6)c6ccccc56)c4[2H])c([2H])c23)c([2H])c1[2H]. The highest BCUT2D eigenvalue weighted by Crippen LogP contribution is 2.44. The fourth-order valence-corrected chi connectivity index (χ4v) is 6.01. The summed E-state index contributed by atoms with van der Waals surface area (Å²) in [4.78, 5) is 0. The molecule has 0 radical (unpaired) electrons. The van der Waals surface area contributed by atoms with E-state index in [0.29, 0.717) is 16.3 Å². The van der Waals surface area contributed by atoms with Crippen LogP contribution in [0.15, 0.2) is 174 Å². The van der Waals surface area contributed by atoms with Gasteiger partial charge in [0, 0.05) is 16.3 Å². The quantitative estimate of drug-likeness (QED) is 0.187. The Kier molecular flexibility index (Phi) is 3.39.